The summed E-state index contributed by atoms with van der Waals surface area (Å²) in [5.74, 6) is -1.38. The van der Waals surface area contributed by atoms with Crippen LogP contribution in [0, 0.1) is 0 Å². The van der Waals surface area contributed by atoms with Gasteiger partial charge in [0.1, 0.15) is 23.2 Å². The van der Waals surface area contributed by atoms with E-state index in [1.807, 2.05) is 0 Å². The Balaban J connectivity index is 1.30. The molecule has 0 heterocycles. The minimum atomic E-state index is -1.79. The number of phenolic OH excluding ortho intramolecular Hbond substituents is 3. The van der Waals surface area contributed by atoms with Crippen molar-refractivity contribution in [2.24, 2.45) is 0 Å². The predicted octanol–water partition coefficient (Wildman–Crippen LogP) is 5.41. The van der Waals surface area contributed by atoms with E-state index < -0.39 is 13.0 Å². The van der Waals surface area contributed by atoms with Crippen LogP contribution in [0.5, 0.6) is 17.2 Å². The van der Waals surface area contributed by atoms with Crippen LogP contribution < -0.4 is 21.2 Å². The number of rotatable bonds is 13. The monoisotopic (exact) mass is 542 g/mol. The average molecular weight is 543 g/mol. The van der Waals surface area contributed by atoms with E-state index in [0.717, 1.165) is 31.8 Å². The quantitative estimate of drug-likeness (QED) is 0.103. The first-order valence-electron chi connectivity index (χ1n) is 13.6. The molecule has 0 aromatic heterocycles. The summed E-state index contributed by atoms with van der Waals surface area (Å²) in [6.45, 7) is 0.626. The Kier molecular flexibility index (Phi) is 9.99. The standard InChI is InChI=1S/C33H36NO4P/c35-30-24-26(25-31(36)33(30)38)20-21-32(37)34-22-12-1-2-13-23-39(27-14-6-3-7-15-27,28-16-8-4-9-17-28)29-18-10-5-11-19-29/h3-11,14-19,24-25H,1-2,12-13,20-23H2,(H3-,34,35,36,37,38)/p+1. The topological polar surface area (TPSA) is 89.8 Å². The lowest BCUT2D eigenvalue weighted by Crippen LogP contribution is -2.33. The summed E-state index contributed by atoms with van der Waals surface area (Å²) in [5, 5.41) is 35.9. The molecule has 5 nitrogen and oxygen atoms in total. The summed E-state index contributed by atoms with van der Waals surface area (Å²) >= 11 is 0. The highest BCUT2D eigenvalue weighted by molar-refractivity contribution is 7.95. The number of carbonyl (C=O) groups excluding carboxylic acids is 1. The lowest BCUT2D eigenvalue weighted by molar-refractivity contribution is -0.121. The normalized spacial score (nSPS) is 11.3. The predicted molar refractivity (Wildman–Crippen MR) is 161 cm³/mol. The zero-order valence-corrected chi connectivity index (χ0v) is 23.1. The van der Waals surface area contributed by atoms with Gasteiger partial charge < -0.3 is 20.6 Å². The summed E-state index contributed by atoms with van der Waals surface area (Å²) in [4.78, 5) is 12.3. The van der Waals surface area contributed by atoms with Gasteiger partial charge in [-0.15, -0.1) is 0 Å². The maximum atomic E-state index is 12.3. The van der Waals surface area contributed by atoms with Gasteiger partial charge in [0.2, 0.25) is 5.91 Å². The second kappa shape index (κ2) is 13.8. The van der Waals surface area contributed by atoms with Crippen LogP contribution in [0.15, 0.2) is 103 Å². The van der Waals surface area contributed by atoms with Gasteiger partial charge in [-0.1, -0.05) is 61.0 Å². The van der Waals surface area contributed by atoms with Crippen molar-refractivity contribution in [2.45, 2.75) is 38.5 Å². The summed E-state index contributed by atoms with van der Waals surface area (Å²) in [5.41, 5.74) is 0.597. The van der Waals surface area contributed by atoms with Crippen LogP contribution in [0.1, 0.15) is 37.7 Å². The molecule has 0 bridgehead atoms. The van der Waals surface area contributed by atoms with E-state index in [1.54, 1.807) is 0 Å². The molecule has 0 fully saturated rings. The number of aromatic hydroxyl groups is 3. The number of carbonyl (C=O) groups is 1. The highest BCUT2D eigenvalue weighted by Gasteiger charge is 2.44. The van der Waals surface area contributed by atoms with Crippen molar-refractivity contribution in [1.82, 2.24) is 5.32 Å². The van der Waals surface area contributed by atoms with Crippen molar-refractivity contribution in [3.63, 3.8) is 0 Å². The van der Waals surface area contributed by atoms with Gasteiger partial charge in [0.25, 0.3) is 0 Å². The highest BCUT2D eigenvalue weighted by Crippen LogP contribution is 2.56. The fourth-order valence-electron chi connectivity index (χ4n) is 5.09. The van der Waals surface area contributed by atoms with Crippen LogP contribution in [0.25, 0.3) is 0 Å². The smallest absolute Gasteiger partial charge is 0.220 e. The minimum absolute atomic E-state index is 0.0655. The van der Waals surface area contributed by atoms with E-state index in [0.29, 0.717) is 18.5 Å². The first-order chi connectivity index (χ1) is 19.0. The fourth-order valence-corrected chi connectivity index (χ4v) is 9.50. The molecule has 0 radical (unpaired) electrons. The SMILES string of the molecule is O=C(CCc1cc(O)c(O)c(O)c1)NCCCCCC[P+](c1ccccc1)(c1ccccc1)c1ccccc1. The Morgan fingerprint density at radius 3 is 1.59 bits per heavy atom. The molecule has 0 saturated carbocycles. The molecule has 4 aromatic carbocycles. The van der Waals surface area contributed by atoms with Crippen molar-refractivity contribution in [3.8, 4) is 17.2 Å². The Labute approximate surface area is 231 Å². The molecule has 202 valence electrons. The summed E-state index contributed by atoms with van der Waals surface area (Å²) < 4.78 is 0. The number of hydrogen-bond acceptors (Lipinski definition) is 4. The van der Waals surface area contributed by atoms with Gasteiger partial charge in [-0.2, -0.15) is 0 Å². The lowest BCUT2D eigenvalue weighted by atomic mass is 10.1. The van der Waals surface area contributed by atoms with Crippen LogP contribution >= 0.6 is 7.26 Å². The Morgan fingerprint density at radius 1 is 0.641 bits per heavy atom. The number of nitrogens with one attached hydrogen (secondary N) is 1. The highest BCUT2D eigenvalue weighted by atomic mass is 31.2. The third-order valence-electron chi connectivity index (χ3n) is 7.10. The van der Waals surface area contributed by atoms with Gasteiger partial charge in [-0.25, -0.2) is 0 Å². The summed E-state index contributed by atoms with van der Waals surface area (Å²) in [6.07, 6.45) is 5.88. The van der Waals surface area contributed by atoms with E-state index in [9.17, 15) is 20.1 Å². The van der Waals surface area contributed by atoms with E-state index in [-0.39, 0.29) is 23.8 Å². The first-order valence-corrected chi connectivity index (χ1v) is 15.5. The third-order valence-corrected chi connectivity index (χ3v) is 11.6. The van der Waals surface area contributed by atoms with Crippen LogP contribution in [0.3, 0.4) is 0 Å². The van der Waals surface area contributed by atoms with Crippen LogP contribution in [-0.2, 0) is 11.2 Å². The molecule has 0 aliphatic rings. The molecule has 0 spiro atoms. The van der Waals surface area contributed by atoms with Gasteiger partial charge >= 0.3 is 0 Å². The lowest BCUT2D eigenvalue weighted by Gasteiger charge is -2.27. The van der Waals surface area contributed by atoms with E-state index in [2.05, 4.69) is 96.3 Å². The zero-order valence-electron chi connectivity index (χ0n) is 22.2. The number of phenols is 3. The molecule has 4 aromatic rings. The molecule has 39 heavy (non-hydrogen) atoms. The minimum Gasteiger partial charge on any atom is -0.504 e. The van der Waals surface area contributed by atoms with Gasteiger partial charge in [0.05, 0.1) is 6.16 Å². The Morgan fingerprint density at radius 2 is 1.10 bits per heavy atom. The van der Waals surface area contributed by atoms with E-state index >= 15 is 0 Å². The van der Waals surface area contributed by atoms with Crippen molar-refractivity contribution in [3.05, 3.63) is 109 Å². The molecule has 4 N–H and O–H groups in total. The molecule has 0 unspecified atom stereocenters. The molecular formula is C33H37NO4P+. The average Bonchev–Trinajstić information content (AvgIpc) is 2.97. The van der Waals surface area contributed by atoms with Crippen LogP contribution in [0.2, 0.25) is 0 Å². The second-order valence-electron chi connectivity index (χ2n) is 9.79. The molecule has 0 aliphatic carbocycles. The largest absolute Gasteiger partial charge is 0.504 e. The van der Waals surface area contributed by atoms with Gasteiger partial charge in [-0.05, 0) is 79.8 Å². The van der Waals surface area contributed by atoms with Crippen molar-refractivity contribution in [1.29, 1.82) is 0 Å². The molecule has 0 saturated heterocycles. The number of unbranched alkanes of at least 4 members (excludes halogenated alkanes) is 3. The fraction of sp³-hybridized carbons (Fsp3) is 0.242. The third kappa shape index (κ3) is 7.19. The van der Waals surface area contributed by atoms with E-state index in [1.165, 1.54) is 28.0 Å². The second-order valence-corrected chi connectivity index (χ2v) is 13.4. The molecule has 6 heteroatoms. The van der Waals surface area contributed by atoms with Gasteiger partial charge in [0, 0.05) is 13.0 Å². The summed E-state index contributed by atoms with van der Waals surface area (Å²) in [7, 11) is -1.79. The van der Waals surface area contributed by atoms with Crippen molar-refractivity contribution >= 4 is 29.1 Å². The molecular weight excluding hydrogens is 505 g/mol. The number of benzene rings is 4. The first kappa shape index (κ1) is 28.2. The maximum Gasteiger partial charge on any atom is 0.220 e. The molecule has 4 rings (SSSR count). The maximum absolute atomic E-state index is 12.3. The van der Waals surface area contributed by atoms with Crippen LogP contribution in [-0.4, -0.2) is 33.9 Å². The van der Waals surface area contributed by atoms with Crippen molar-refractivity contribution in [2.75, 3.05) is 12.7 Å². The Bertz CT molecular complexity index is 1210. The number of aryl methyl sites for hydroxylation is 1. The number of amides is 1. The van der Waals surface area contributed by atoms with Gasteiger partial charge in [0.15, 0.2) is 17.2 Å². The summed E-state index contributed by atoms with van der Waals surface area (Å²) in [6, 6.07) is 35.5. The van der Waals surface area contributed by atoms with Crippen LogP contribution in [0.4, 0.5) is 0 Å². The van der Waals surface area contributed by atoms with Crippen molar-refractivity contribution < 1.29 is 20.1 Å². The number of hydrogen-bond donors (Lipinski definition) is 4. The van der Waals surface area contributed by atoms with E-state index in [4.69, 9.17) is 0 Å². The Hall–Kier alpha value is -3.82. The molecule has 1 amide bonds. The van der Waals surface area contributed by atoms with Gasteiger partial charge in [-0.3, -0.25) is 4.79 Å². The molecule has 0 aliphatic heterocycles. The molecule has 0 atom stereocenters. The zero-order chi connectivity index (χ0) is 27.5.